The van der Waals surface area contributed by atoms with E-state index in [4.69, 9.17) is 21.1 Å². The van der Waals surface area contributed by atoms with Crippen LogP contribution in [0.2, 0.25) is 5.02 Å². The van der Waals surface area contributed by atoms with Crippen LogP contribution in [0.1, 0.15) is 16.7 Å². The summed E-state index contributed by atoms with van der Waals surface area (Å²) in [6, 6.07) is 15.4. The number of ether oxygens (including phenoxy) is 2. The Morgan fingerprint density at radius 2 is 1.79 bits per heavy atom. The molecule has 0 fully saturated rings. The Morgan fingerprint density at radius 3 is 2.44 bits per heavy atom. The fraction of sp³-hybridized carbons (Fsp3) is 0.0435. The minimum atomic E-state index is -0.691. The van der Waals surface area contributed by atoms with Gasteiger partial charge in [0.15, 0.2) is 5.70 Å². The lowest BCUT2D eigenvalue weighted by Crippen LogP contribution is -2.06. The molecule has 1 aliphatic rings. The van der Waals surface area contributed by atoms with E-state index in [-0.39, 0.29) is 27.9 Å². The molecule has 11 heteroatoms. The van der Waals surface area contributed by atoms with Crippen molar-refractivity contribution >= 4 is 89.7 Å². The van der Waals surface area contributed by atoms with Crippen molar-refractivity contribution in [2.75, 3.05) is 0 Å². The zero-order valence-electron chi connectivity index (χ0n) is 16.9. The fourth-order valence-corrected chi connectivity index (χ4v) is 5.02. The third kappa shape index (κ3) is 5.68. The van der Waals surface area contributed by atoms with Crippen LogP contribution in [0.15, 0.2) is 74.2 Å². The normalized spacial score (nSPS) is 14.2. The fourth-order valence-electron chi connectivity index (χ4n) is 3.01. The molecule has 0 bridgehead atoms. The summed E-state index contributed by atoms with van der Waals surface area (Å²) in [5.41, 5.74) is 1.69. The van der Waals surface area contributed by atoms with Crippen LogP contribution in [-0.4, -0.2) is 16.8 Å². The number of hydrogen-bond acceptors (Lipinski definition) is 6. The molecule has 0 saturated heterocycles. The highest BCUT2D eigenvalue weighted by Gasteiger charge is 2.27. The first-order chi connectivity index (χ1) is 16.2. The van der Waals surface area contributed by atoms with Crippen LogP contribution in [0.3, 0.4) is 0 Å². The zero-order chi connectivity index (χ0) is 24.4. The Balaban J connectivity index is 1.58. The number of esters is 1. The molecule has 0 atom stereocenters. The summed E-state index contributed by atoms with van der Waals surface area (Å²) >= 11 is 15.4. The Morgan fingerprint density at radius 1 is 1.12 bits per heavy atom. The molecule has 1 aliphatic heterocycles. The smallest absolute Gasteiger partial charge is 0.363 e. The van der Waals surface area contributed by atoms with E-state index in [1.807, 2.05) is 24.3 Å². The van der Waals surface area contributed by atoms with E-state index in [0.717, 1.165) is 9.13 Å². The summed E-state index contributed by atoms with van der Waals surface area (Å²) in [6.45, 7) is 0.387. The van der Waals surface area contributed by atoms with E-state index in [1.165, 1.54) is 18.2 Å². The summed E-state index contributed by atoms with van der Waals surface area (Å²) in [5, 5.41) is 11.2. The maximum Gasteiger partial charge on any atom is 0.363 e. The van der Waals surface area contributed by atoms with Crippen molar-refractivity contribution in [3.8, 4) is 5.75 Å². The van der Waals surface area contributed by atoms with Gasteiger partial charge in [0, 0.05) is 15.7 Å². The summed E-state index contributed by atoms with van der Waals surface area (Å²) < 4.78 is 13.7. The van der Waals surface area contributed by atoms with Crippen LogP contribution in [0.4, 0.5) is 5.69 Å². The van der Waals surface area contributed by atoms with Gasteiger partial charge in [-0.3, -0.25) is 10.1 Å². The second-order valence-corrected chi connectivity index (χ2v) is 10.3. The van der Waals surface area contributed by atoms with Crippen molar-refractivity contribution in [2.45, 2.75) is 6.61 Å². The van der Waals surface area contributed by atoms with Crippen LogP contribution < -0.4 is 4.74 Å². The largest absolute Gasteiger partial charge is 0.487 e. The second kappa shape index (κ2) is 10.5. The molecular formula is C23H12Br2ClIN2O5. The molecule has 4 rings (SSSR count). The molecule has 0 aromatic heterocycles. The van der Waals surface area contributed by atoms with Gasteiger partial charge in [0.1, 0.15) is 12.4 Å². The molecule has 172 valence electrons. The number of nitro benzene ring substituents is 1. The molecule has 0 unspecified atom stereocenters. The summed E-state index contributed by atoms with van der Waals surface area (Å²) in [7, 11) is 0. The number of cyclic esters (lactones) is 1. The first kappa shape index (κ1) is 24.8. The Bertz CT molecular complexity index is 1350. The van der Waals surface area contributed by atoms with Crippen molar-refractivity contribution in [1.29, 1.82) is 0 Å². The van der Waals surface area contributed by atoms with Gasteiger partial charge in [0.2, 0.25) is 5.90 Å². The van der Waals surface area contributed by atoms with Crippen molar-refractivity contribution < 1.29 is 19.2 Å². The average molecular weight is 719 g/mol. The summed E-state index contributed by atoms with van der Waals surface area (Å²) in [4.78, 5) is 27.1. The molecule has 0 amide bonds. The predicted molar refractivity (Wildman–Crippen MR) is 144 cm³/mol. The van der Waals surface area contributed by atoms with E-state index in [2.05, 4.69) is 59.4 Å². The molecule has 7 nitrogen and oxygen atoms in total. The number of carbonyl (C=O) groups excluding carboxylic acids is 1. The number of nitrogens with zero attached hydrogens (tertiary/aromatic N) is 2. The third-order valence-electron chi connectivity index (χ3n) is 4.63. The monoisotopic (exact) mass is 716 g/mol. The van der Waals surface area contributed by atoms with E-state index < -0.39 is 10.9 Å². The average Bonchev–Trinajstić information content (AvgIpc) is 3.14. The van der Waals surface area contributed by atoms with Gasteiger partial charge >= 0.3 is 5.97 Å². The highest BCUT2D eigenvalue weighted by molar-refractivity contribution is 14.1. The Labute approximate surface area is 229 Å². The van der Waals surface area contributed by atoms with Crippen molar-refractivity contribution in [3.63, 3.8) is 0 Å². The minimum absolute atomic E-state index is 0.0314. The van der Waals surface area contributed by atoms with E-state index >= 15 is 0 Å². The number of aliphatic imine (C=N–C) groups is 1. The predicted octanol–water partition coefficient (Wildman–Crippen LogP) is 7.30. The Hall–Kier alpha value is -2.28. The quantitative estimate of drug-likeness (QED) is 0.0878. The zero-order valence-corrected chi connectivity index (χ0v) is 23.0. The van der Waals surface area contributed by atoms with Crippen molar-refractivity contribution in [1.82, 2.24) is 0 Å². The molecule has 0 radical (unpaired) electrons. The lowest BCUT2D eigenvalue weighted by molar-refractivity contribution is -0.384. The van der Waals surface area contributed by atoms with Crippen LogP contribution in [-0.2, 0) is 16.1 Å². The molecule has 0 N–H and O–H groups in total. The maximum absolute atomic E-state index is 12.4. The first-order valence-electron chi connectivity index (χ1n) is 9.54. The number of rotatable bonds is 6. The lowest BCUT2D eigenvalue weighted by Gasteiger charge is -2.11. The number of non-ortho nitro benzene ring substituents is 1. The highest BCUT2D eigenvalue weighted by Crippen LogP contribution is 2.36. The van der Waals surface area contributed by atoms with Crippen LogP contribution in [0.5, 0.6) is 5.75 Å². The summed E-state index contributed by atoms with van der Waals surface area (Å²) in [6.07, 6.45) is 1.54. The molecule has 0 spiro atoms. The van der Waals surface area contributed by atoms with Crippen molar-refractivity contribution in [3.05, 3.63) is 105 Å². The number of nitro groups is 1. The molecule has 0 saturated carbocycles. The number of benzene rings is 3. The van der Waals surface area contributed by atoms with E-state index in [9.17, 15) is 14.9 Å². The number of carbonyl (C=O) groups is 1. The molecule has 1 heterocycles. The van der Waals surface area contributed by atoms with Gasteiger partial charge in [-0.15, -0.1) is 0 Å². The molecule has 34 heavy (non-hydrogen) atoms. The number of hydrogen-bond donors (Lipinski definition) is 0. The third-order valence-corrected chi connectivity index (χ3v) is 6.86. The molecule has 3 aromatic rings. The van der Waals surface area contributed by atoms with Gasteiger partial charge in [-0.1, -0.05) is 23.7 Å². The number of halogens is 4. The topological polar surface area (TPSA) is 91.0 Å². The molecule has 3 aromatic carbocycles. The van der Waals surface area contributed by atoms with E-state index in [1.54, 1.807) is 18.2 Å². The second-order valence-electron chi connectivity index (χ2n) is 6.99. The van der Waals surface area contributed by atoms with Gasteiger partial charge < -0.3 is 9.47 Å². The van der Waals surface area contributed by atoms with Crippen LogP contribution in [0, 0.1) is 13.7 Å². The Kier molecular flexibility index (Phi) is 7.70. The lowest BCUT2D eigenvalue weighted by atomic mass is 10.2. The van der Waals surface area contributed by atoms with E-state index in [0.29, 0.717) is 26.9 Å². The van der Waals surface area contributed by atoms with Crippen molar-refractivity contribution in [2.24, 2.45) is 4.99 Å². The van der Waals surface area contributed by atoms with Crippen LogP contribution in [0.25, 0.3) is 6.08 Å². The first-order valence-corrected chi connectivity index (χ1v) is 12.6. The van der Waals surface area contributed by atoms with Gasteiger partial charge in [0.25, 0.3) is 5.69 Å². The van der Waals surface area contributed by atoms with Gasteiger partial charge in [-0.05, 0) is 102 Å². The molecular weight excluding hydrogens is 706 g/mol. The molecule has 0 aliphatic carbocycles. The van der Waals surface area contributed by atoms with Gasteiger partial charge in [-0.2, -0.15) is 0 Å². The van der Waals surface area contributed by atoms with Gasteiger partial charge in [0.05, 0.1) is 24.5 Å². The standard InChI is InChI=1S/C23H12Br2ClIN2O5/c24-17-7-13(8-18(25)21(17)33-11-12-1-3-14(27)4-2-12)9-20-23(30)34-22(28-20)16-10-15(29(31)32)5-6-19(16)26/h1-10H,11H2/b20-9-. The van der Waals surface area contributed by atoms with Crippen LogP contribution >= 0.6 is 66.1 Å². The SMILES string of the molecule is O=C1OC(c2cc([N+](=O)[O-])ccc2Cl)=N/C1=C\c1cc(Br)c(OCc2ccc(I)cc2)c(Br)c1. The highest BCUT2D eigenvalue weighted by atomic mass is 127. The maximum atomic E-state index is 12.4. The minimum Gasteiger partial charge on any atom is -0.487 e. The van der Waals surface area contributed by atoms with Gasteiger partial charge in [-0.25, -0.2) is 9.79 Å². The summed E-state index contributed by atoms with van der Waals surface area (Å²) in [5.74, 6) is -0.174.